The number of hydrogen-bond donors (Lipinski definition) is 3. The second-order valence-corrected chi connectivity index (χ2v) is 5.75. The van der Waals surface area contributed by atoms with Crippen LogP contribution in [-0.2, 0) is 9.53 Å². The Morgan fingerprint density at radius 3 is 2.95 bits per heavy atom. The van der Waals surface area contributed by atoms with Crippen molar-refractivity contribution in [3.63, 3.8) is 0 Å². The van der Waals surface area contributed by atoms with Crippen molar-refractivity contribution >= 4 is 23.2 Å². The van der Waals surface area contributed by atoms with E-state index in [2.05, 4.69) is 10.6 Å². The molecule has 1 fully saturated rings. The lowest BCUT2D eigenvalue weighted by Crippen LogP contribution is -2.49. The molecule has 0 aromatic carbocycles. The van der Waals surface area contributed by atoms with E-state index >= 15 is 0 Å². The van der Waals surface area contributed by atoms with Crippen molar-refractivity contribution in [2.45, 2.75) is 25.0 Å². The van der Waals surface area contributed by atoms with E-state index in [1.807, 2.05) is 0 Å². The molecular weight excluding hydrogens is 280 g/mol. The zero-order valence-corrected chi connectivity index (χ0v) is 12.0. The summed E-state index contributed by atoms with van der Waals surface area (Å²) in [6.45, 7) is 2.28. The predicted octanol–water partition coefficient (Wildman–Crippen LogP) is 0.134. The molecule has 0 radical (unpaired) electrons. The smallest absolute Gasteiger partial charge is 0.261 e. The molecule has 110 valence electrons. The fourth-order valence-electron chi connectivity index (χ4n) is 1.97. The van der Waals surface area contributed by atoms with Crippen LogP contribution in [0.25, 0.3) is 0 Å². The van der Waals surface area contributed by atoms with Gasteiger partial charge in [0, 0.05) is 19.6 Å². The minimum atomic E-state index is -1.02. The van der Waals surface area contributed by atoms with E-state index < -0.39 is 5.60 Å². The number of aliphatic hydroxyl groups is 1. The first-order chi connectivity index (χ1) is 9.51. The van der Waals surface area contributed by atoms with Crippen molar-refractivity contribution < 1.29 is 19.4 Å². The van der Waals surface area contributed by atoms with Gasteiger partial charge in [-0.15, -0.1) is 11.3 Å². The molecule has 0 aliphatic carbocycles. The van der Waals surface area contributed by atoms with Crippen LogP contribution in [0.2, 0.25) is 0 Å². The van der Waals surface area contributed by atoms with Crippen molar-refractivity contribution in [1.82, 2.24) is 10.6 Å². The van der Waals surface area contributed by atoms with Gasteiger partial charge in [0.05, 0.1) is 17.5 Å². The van der Waals surface area contributed by atoms with Crippen LogP contribution in [0, 0.1) is 0 Å². The van der Waals surface area contributed by atoms with Crippen LogP contribution in [0.3, 0.4) is 0 Å². The first kappa shape index (κ1) is 15.0. The largest absolute Gasteiger partial charge is 0.385 e. The molecule has 1 aromatic heterocycles. The minimum Gasteiger partial charge on any atom is -0.385 e. The van der Waals surface area contributed by atoms with Gasteiger partial charge in [0.15, 0.2) is 0 Å². The van der Waals surface area contributed by atoms with Gasteiger partial charge in [-0.1, -0.05) is 6.07 Å². The summed E-state index contributed by atoms with van der Waals surface area (Å²) in [4.78, 5) is 23.8. The fraction of sp³-hybridized carbons (Fsp3) is 0.538. The lowest BCUT2D eigenvalue weighted by atomic mass is 9.97. The summed E-state index contributed by atoms with van der Waals surface area (Å²) in [6, 6.07) is 3.47. The number of rotatable bonds is 5. The van der Waals surface area contributed by atoms with Crippen LogP contribution in [0.4, 0.5) is 0 Å². The summed E-state index contributed by atoms with van der Waals surface area (Å²) in [7, 11) is 0. The van der Waals surface area contributed by atoms with Gasteiger partial charge in [-0.25, -0.2) is 0 Å². The average molecular weight is 298 g/mol. The normalized spacial score (nSPS) is 25.4. The molecule has 2 atom stereocenters. The van der Waals surface area contributed by atoms with Crippen LogP contribution >= 0.6 is 11.3 Å². The zero-order chi connectivity index (χ0) is 14.6. The van der Waals surface area contributed by atoms with Crippen LogP contribution < -0.4 is 10.6 Å². The average Bonchev–Trinajstić information content (AvgIpc) is 3.06. The molecule has 1 aromatic rings. The fourth-order valence-corrected chi connectivity index (χ4v) is 2.61. The molecule has 2 amide bonds. The zero-order valence-electron chi connectivity index (χ0n) is 11.2. The highest BCUT2D eigenvalue weighted by Crippen LogP contribution is 2.24. The van der Waals surface area contributed by atoms with E-state index in [9.17, 15) is 14.7 Å². The Hall–Kier alpha value is -1.44. The number of carbonyl (C=O) groups is 2. The van der Waals surface area contributed by atoms with Crippen molar-refractivity contribution in [3.05, 3.63) is 22.4 Å². The van der Waals surface area contributed by atoms with Crippen LogP contribution in [-0.4, -0.2) is 48.3 Å². The van der Waals surface area contributed by atoms with Crippen LogP contribution in [0.15, 0.2) is 17.5 Å². The second kappa shape index (κ2) is 6.34. The SMILES string of the molecule is CC1OCCC1(O)CNC(=O)CNC(=O)c1cccs1. The minimum absolute atomic E-state index is 0.109. The van der Waals surface area contributed by atoms with E-state index in [-0.39, 0.29) is 31.0 Å². The summed E-state index contributed by atoms with van der Waals surface area (Å²) >= 11 is 1.32. The molecule has 1 aliphatic rings. The first-order valence-electron chi connectivity index (χ1n) is 6.44. The van der Waals surface area contributed by atoms with Crippen molar-refractivity contribution in [1.29, 1.82) is 0 Å². The predicted molar refractivity (Wildman–Crippen MR) is 74.6 cm³/mol. The molecule has 7 heteroatoms. The van der Waals surface area contributed by atoms with Gasteiger partial charge >= 0.3 is 0 Å². The Morgan fingerprint density at radius 2 is 2.35 bits per heavy atom. The lowest BCUT2D eigenvalue weighted by molar-refractivity contribution is -0.122. The molecule has 3 N–H and O–H groups in total. The maximum Gasteiger partial charge on any atom is 0.261 e. The topological polar surface area (TPSA) is 87.7 Å². The number of hydrogen-bond acceptors (Lipinski definition) is 5. The number of nitrogens with one attached hydrogen (secondary N) is 2. The molecule has 0 saturated carbocycles. The van der Waals surface area contributed by atoms with Gasteiger partial charge < -0.3 is 20.5 Å². The van der Waals surface area contributed by atoms with Crippen molar-refractivity contribution in [2.24, 2.45) is 0 Å². The van der Waals surface area contributed by atoms with Crippen LogP contribution in [0.5, 0.6) is 0 Å². The Morgan fingerprint density at radius 1 is 1.55 bits per heavy atom. The Bertz CT molecular complexity index is 477. The van der Waals surface area contributed by atoms with Gasteiger partial charge in [0.25, 0.3) is 5.91 Å². The highest BCUT2D eigenvalue weighted by Gasteiger charge is 2.39. The summed E-state index contributed by atoms with van der Waals surface area (Å²) in [5.41, 5.74) is -1.02. The van der Waals surface area contributed by atoms with Gasteiger partial charge in [-0.3, -0.25) is 9.59 Å². The molecule has 2 rings (SSSR count). The Kier molecular flexibility index (Phi) is 4.74. The lowest BCUT2D eigenvalue weighted by Gasteiger charge is -2.26. The van der Waals surface area contributed by atoms with Crippen molar-refractivity contribution in [3.8, 4) is 0 Å². The number of amides is 2. The van der Waals surface area contributed by atoms with E-state index in [4.69, 9.17) is 4.74 Å². The Labute approximate surface area is 121 Å². The summed E-state index contributed by atoms with van der Waals surface area (Å²) in [6.07, 6.45) is 0.194. The molecular formula is C13H18N2O4S. The number of thiophene rings is 1. The summed E-state index contributed by atoms with van der Waals surface area (Å²) in [5.74, 6) is -0.603. The van der Waals surface area contributed by atoms with E-state index in [1.165, 1.54) is 11.3 Å². The van der Waals surface area contributed by atoms with Crippen LogP contribution in [0.1, 0.15) is 23.0 Å². The third kappa shape index (κ3) is 3.56. The molecule has 1 saturated heterocycles. The summed E-state index contributed by atoms with van der Waals surface area (Å²) in [5, 5.41) is 17.2. The standard InChI is InChI=1S/C13H18N2O4S/c1-9-13(18,4-5-19-9)8-15-11(16)7-14-12(17)10-3-2-6-20-10/h2-3,6,9,18H,4-5,7-8H2,1H3,(H,14,17)(H,15,16). The van der Waals surface area contributed by atoms with E-state index in [0.717, 1.165) is 0 Å². The molecule has 0 bridgehead atoms. The van der Waals surface area contributed by atoms with Gasteiger partial charge in [-0.05, 0) is 18.4 Å². The molecule has 1 aliphatic heterocycles. The molecule has 20 heavy (non-hydrogen) atoms. The second-order valence-electron chi connectivity index (χ2n) is 4.80. The third-order valence-electron chi connectivity index (χ3n) is 3.41. The molecule has 6 nitrogen and oxygen atoms in total. The highest BCUT2D eigenvalue weighted by molar-refractivity contribution is 7.12. The highest BCUT2D eigenvalue weighted by atomic mass is 32.1. The van der Waals surface area contributed by atoms with Gasteiger partial charge in [-0.2, -0.15) is 0 Å². The Balaban J connectivity index is 1.72. The van der Waals surface area contributed by atoms with Gasteiger partial charge in [0.1, 0.15) is 5.60 Å². The van der Waals surface area contributed by atoms with Gasteiger partial charge in [0.2, 0.25) is 5.91 Å². The van der Waals surface area contributed by atoms with E-state index in [1.54, 1.807) is 24.4 Å². The first-order valence-corrected chi connectivity index (χ1v) is 7.31. The summed E-state index contributed by atoms with van der Waals surface area (Å²) < 4.78 is 5.28. The molecule has 0 spiro atoms. The van der Waals surface area contributed by atoms with Crippen molar-refractivity contribution in [2.75, 3.05) is 19.7 Å². The third-order valence-corrected chi connectivity index (χ3v) is 4.27. The maximum atomic E-state index is 11.6. The number of carbonyl (C=O) groups excluding carboxylic acids is 2. The van der Waals surface area contributed by atoms with E-state index in [0.29, 0.717) is 17.9 Å². The number of ether oxygens (including phenoxy) is 1. The quantitative estimate of drug-likeness (QED) is 0.721. The molecule has 2 unspecified atom stereocenters. The maximum absolute atomic E-state index is 11.6. The monoisotopic (exact) mass is 298 g/mol. The molecule has 2 heterocycles.